The van der Waals surface area contributed by atoms with Crippen LogP contribution in [0.25, 0.3) is 5.57 Å². The predicted molar refractivity (Wildman–Crippen MR) is 93.3 cm³/mol. The summed E-state index contributed by atoms with van der Waals surface area (Å²) in [7, 11) is 0. The molecule has 0 aliphatic carbocycles. The van der Waals surface area contributed by atoms with Gasteiger partial charge in [0.15, 0.2) is 0 Å². The Kier molecular flexibility index (Phi) is 4.34. The molecular weight excluding hydrogens is 348 g/mol. The smallest absolute Gasteiger partial charge is 0.0512 e. The maximum Gasteiger partial charge on any atom is 0.0512 e. The van der Waals surface area contributed by atoms with Crippen molar-refractivity contribution in [3.05, 3.63) is 69.2 Å². The maximum atomic E-state index is 6.11. The van der Waals surface area contributed by atoms with Gasteiger partial charge in [0.05, 0.1) is 6.04 Å². The van der Waals surface area contributed by atoms with Crippen LogP contribution in [-0.2, 0) is 0 Å². The third kappa shape index (κ3) is 3.31. The number of nitrogens with two attached hydrogens (primary N) is 1. The largest absolute Gasteiger partial charge is 0.398 e. The van der Waals surface area contributed by atoms with Crippen LogP contribution in [-0.4, -0.2) is 6.54 Å². The second-order valence-electron chi connectivity index (χ2n) is 5.16. The molecule has 0 amide bonds. The molecule has 3 rings (SSSR count). The van der Waals surface area contributed by atoms with Gasteiger partial charge in [-0.2, -0.15) is 0 Å². The Bertz CT molecular complexity index is 697. The molecule has 0 fully saturated rings. The zero-order chi connectivity index (χ0) is 14.8. The fourth-order valence-corrected chi connectivity index (χ4v) is 3.24. The van der Waals surface area contributed by atoms with E-state index in [1.54, 1.807) is 0 Å². The molecule has 0 saturated heterocycles. The first kappa shape index (κ1) is 14.6. The van der Waals surface area contributed by atoms with Gasteiger partial charge in [-0.05, 0) is 47.9 Å². The van der Waals surface area contributed by atoms with Crippen LogP contribution in [0.3, 0.4) is 0 Å². The fourth-order valence-electron chi connectivity index (χ4n) is 2.65. The van der Waals surface area contributed by atoms with E-state index in [0.29, 0.717) is 0 Å². The van der Waals surface area contributed by atoms with Crippen LogP contribution < -0.4 is 11.1 Å². The Balaban J connectivity index is 1.98. The fraction of sp³-hybridized carbons (Fsp3) is 0.176. The number of hydrogen-bond donors (Lipinski definition) is 2. The van der Waals surface area contributed by atoms with Crippen molar-refractivity contribution in [3.8, 4) is 0 Å². The van der Waals surface area contributed by atoms with Gasteiger partial charge in [0.2, 0.25) is 0 Å². The molecule has 1 heterocycles. The van der Waals surface area contributed by atoms with Crippen molar-refractivity contribution < 1.29 is 0 Å². The van der Waals surface area contributed by atoms with E-state index in [9.17, 15) is 0 Å². The Morgan fingerprint density at radius 1 is 1.19 bits per heavy atom. The molecule has 0 radical (unpaired) electrons. The van der Waals surface area contributed by atoms with E-state index in [2.05, 4.69) is 45.5 Å². The standard InChI is InChI=1S/C17H16BrClN2/c18-13-3-1-2-12(8-13)17-9-11(6-7-21-17)15-10-14(19)4-5-16(15)20/h1-5,8-10,17,21H,6-7,20H2. The van der Waals surface area contributed by atoms with Crippen molar-refractivity contribution in [3.63, 3.8) is 0 Å². The molecule has 4 heteroatoms. The van der Waals surface area contributed by atoms with Crippen molar-refractivity contribution in [2.45, 2.75) is 12.5 Å². The van der Waals surface area contributed by atoms with Gasteiger partial charge >= 0.3 is 0 Å². The van der Waals surface area contributed by atoms with Crippen molar-refractivity contribution in [1.82, 2.24) is 5.32 Å². The lowest BCUT2D eigenvalue weighted by Crippen LogP contribution is -2.25. The van der Waals surface area contributed by atoms with E-state index in [-0.39, 0.29) is 6.04 Å². The first-order valence-corrected chi connectivity index (χ1v) is 8.05. The Morgan fingerprint density at radius 2 is 2.05 bits per heavy atom. The first-order chi connectivity index (χ1) is 10.1. The summed E-state index contributed by atoms with van der Waals surface area (Å²) in [5.41, 5.74) is 10.4. The summed E-state index contributed by atoms with van der Waals surface area (Å²) in [6.07, 6.45) is 3.20. The lowest BCUT2D eigenvalue weighted by molar-refractivity contribution is 0.608. The molecule has 21 heavy (non-hydrogen) atoms. The number of nitrogen functional groups attached to an aromatic ring is 1. The summed E-state index contributed by atoms with van der Waals surface area (Å²) in [5.74, 6) is 0. The topological polar surface area (TPSA) is 38.0 Å². The number of nitrogens with one attached hydrogen (secondary N) is 1. The number of halogens is 2. The Morgan fingerprint density at radius 3 is 2.86 bits per heavy atom. The van der Waals surface area contributed by atoms with E-state index < -0.39 is 0 Å². The van der Waals surface area contributed by atoms with E-state index in [1.165, 1.54) is 11.1 Å². The quantitative estimate of drug-likeness (QED) is 0.752. The number of benzene rings is 2. The molecule has 1 aliphatic heterocycles. The zero-order valence-electron chi connectivity index (χ0n) is 11.4. The van der Waals surface area contributed by atoms with E-state index in [1.807, 2.05) is 24.3 Å². The molecule has 0 bridgehead atoms. The van der Waals surface area contributed by atoms with Gasteiger partial charge < -0.3 is 11.1 Å². The van der Waals surface area contributed by atoms with Crippen molar-refractivity contribution in [2.24, 2.45) is 0 Å². The monoisotopic (exact) mass is 362 g/mol. The molecule has 2 aromatic rings. The number of rotatable bonds is 2. The minimum atomic E-state index is 0.199. The van der Waals surface area contributed by atoms with Crippen LogP contribution in [0.15, 0.2) is 53.0 Å². The van der Waals surface area contributed by atoms with E-state index in [0.717, 1.165) is 33.7 Å². The van der Waals surface area contributed by atoms with Crippen LogP contribution in [0, 0.1) is 0 Å². The third-order valence-electron chi connectivity index (χ3n) is 3.70. The second kappa shape index (κ2) is 6.22. The molecule has 1 aliphatic rings. The van der Waals surface area contributed by atoms with Crippen LogP contribution in [0.1, 0.15) is 23.6 Å². The average Bonchev–Trinajstić information content (AvgIpc) is 2.50. The minimum absolute atomic E-state index is 0.199. The summed E-state index contributed by atoms with van der Waals surface area (Å²) < 4.78 is 1.09. The minimum Gasteiger partial charge on any atom is -0.398 e. The van der Waals surface area contributed by atoms with Crippen LogP contribution in [0.2, 0.25) is 5.02 Å². The van der Waals surface area contributed by atoms with Gasteiger partial charge in [-0.1, -0.05) is 45.7 Å². The molecule has 0 aromatic heterocycles. The van der Waals surface area contributed by atoms with Crippen LogP contribution >= 0.6 is 27.5 Å². The summed E-state index contributed by atoms with van der Waals surface area (Å²) in [6.45, 7) is 0.926. The molecule has 108 valence electrons. The SMILES string of the molecule is Nc1ccc(Cl)cc1C1=CC(c2cccc(Br)c2)NCC1. The van der Waals surface area contributed by atoms with Gasteiger partial charge in [0, 0.05) is 27.3 Å². The molecule has 0 spiro atoms. The van der Waals surface area contributed by atoms with Gasteiger partial charge in [-0.15, -0.1) is 0 Å². The highest BCUT2D eigenvalue weighted by atomic mass is 79.9. The highest BCUT2D eigenvalue weighted by Crippen LogP contribution is 2.32. The highest BCUT2D eigenvalue weighted by Gasteiger charge is 2.17. The second-order valence-corrected chi connectivity index (χ2v) is 6.51. The molecule has 2 aromatic carbocycles. The highest BCUT2D eigenvalue weighted by molar-refractivity contribution is 9.10. The Labute approximate surface area is 138 Å². The Hall–Kier alpha value is -1.29. The lowest BCUT2D eigenvalue weighted by Gasteiger charge is -2.24. The molecule has 3 N–H and O–H groups in total. The molecule has 0 saturated carbocycles. The molecular formula is C17H16BrClN2. The molecule has 1 atom stereocenters. The summed E-state index contributed by atoms with van der Waals surface area (Å²) in [4.78, 5) is 0. The van der Waals surface area contributed by atoms with Crippen LogP contribution in [0.4, 0.5) is 5.69 Å². The number of hydrogen-bond acceptors (Lipinski definition) is 2. The van der Waals surface area contributed by atoms with Gasteiger partial charge in [-0.25, -0.2) is 0 Å². The average molecular weight is 364 g/mol. The number of anilines is 1. The van der Waals surface area contributed by atoms with Gasteiger partial charge in [0.25, 0.3) is 0 Å². The summed E-state index contributed by atoms with van der Waals surface area (Å²) in [6, 6.07) is 14.2. The van der Waals surface area contributed by atoms with Crippen molar-refractivity contribution in [1.29, 1.82) is 0 Å². The summed E-state index contributed by atoms with van der Waals surface area (Å²) in [5, 5.41) is 4.25. The van der Waals surface area contributed by atoms with Crippen molar-refractivity contribution in [2.75, 3.05) is 12.3 Å². The normalized spacial score (nSPS) is 18.4. The van der Waals surface area contributed by atoms with E-state index in [4.69, 9.17) is 17.3 Å². The maximum absolute atomic E-state index is 6.11. The van der Waals surface area contributed by atoms with Gasteiger partial charge in [0.1, 0.15) is 0 Å². The third-order valence-corrected chi connectivity index (χ3v) is 4.42. The summed E-state index contributed by atoms with van der Waals surface area (Å²) >= 11 is 9.63. The lowest BCUT2D eigenvalue weighted by atomic mass is 9.93. The van der Waals surface area contributed by atoms with Crippen molar-refractivity contribution >= 4 is 38.8 Å². The predicted octanol–water partition coefficient (Wildman–Crippen LogP) is 4.80. The zero-order valence-corrected chi connectivity index (χ0v) is 13.8. The van der Waals surface area contributed by atoms with E-state index >= 15 is 0 Å². The first-order valence-electron chi connectivity index (χ1n) is 6.88. The molecule has 2 nitrogen and oxygen atoms in total. The van der Waals surface area contributed by atoms with Gasteiger partial charge in [-0.3, -0.25) is 0 Å². The molecule has 1 unspecified atom stereocenters. The van der Waals surface area contributed by atoms with Crippen LogP contribution in [0.5, 0.6) is 0 Å².